The van der Waals surface area contributed by atoms with E-state index in [1.807, 2.05) is 25.1 Å². The van der Waals surface area contributed by atoms with E-state index in [2.05, 4.69) is 21.2 Å². The first kappa shape index (κ1) is 14.1. The van der Waals surface area contributed by atoms with E-state index in [1.54, 1.807) is 4.90 Å². The van der Waals surface area contributed by atoms with E-state index in [-0.39, 0.29) is 6.03 Å². The standard InChI is InChI=1S/C13H17BrN2O3/c1-2-19-12-4-3-10(14)9-11(12)15-13(17)16-5-7-18-8-6-16/h3-4,9H,2,5-8H2,1H3,(H,15,17). The summed E-state index contributed by atoms with van der Waals surface area (Å²) >= 11 is 3.39. The smallest absolute Gasteiger partial charge is 0.322 e. The minimum Gasteiger partial charge on any atom is -0.492 e. The Balaban J connectivity index is 2.08. The molecule has 1 aliphatic heterocycles. The number of hydrogen-bond donors (Lipinski definition) is 1. The van der Waals surface area contributed by atoms with Crippen LogP contribution in [0.25, 0.3) is 0 Å². The molecule has 5 nitrogen and oxygen atoms in total. The second-order valence-corrected chi connectivity index (χ2v) is 5.02. The number of amides is 2. The summed E-state index contributed by atoms with van der Waals surface area (Å²) in [6.45, 7) is 4.87. The van der Waals surface area contributed by atoms with Crippen molar-refractivity contribution in [3.63, 3.8) is 0 Å². The van der Waals surface area contributed by atoms with Crippen LogP contribution < -0.4 is 10.1 Å². The van der Waals surface area contributed by atoms with E-state index >= 15 is 0 Å². The Morgan fingerprint density at radius 2 is 2.21 bits per heavy atom. The molecule has 1 heterocycles. The predicted molar refractivity (Wildman–Crippen MR) is 76.7 cm³/mol. The minimum atomic E-state index is -0.123. The van der Waals surface area contributed by atoms with Gasteiger partial charge in [0.1, 0.15) is 5.75 Å². The quantitative estimate of drug-likeness (QED) is 0.928. The van der Waals surface area contributed by atoms with Crippen LogP contribution in [0, 0.1) is 0 Å². The van der Waals surface area contributed by atoms with Crippen molar-refractivity contribution < 1.29 is 14.3 Å². The monoisotopic (exact) mass is 328 g/mol. The molecule has 0 saturated carbocycles. The summed E-state index contributed by atoms with van der Waals surface area (Å²) in [4.78, 5) is 13.9. The fourth-order valence-electron chi connectivity index (χ4n) is 1.84. The molecule has 1 aliphatic rings. The van der Waals surface area contributed by atoms with Gasteiger partial charge in [0.2, 0.25) is 0 Å². The van der Waals surface area contributed by atoms with Crippen molar-refractivity contribution in [1.29, 1.82) is 0 Å². The minimum absolute atomic E-state index is 0.123. The highest BCUT2D eigenvalue weighted by Crippen LogP contribution is 2.28. The number of carbonyl (C=O) groups excluding carboxylic acids is 1. The molecule has 0 bridgehead atoms. The van der Waals surface area contributed by atoms with Gasteiger partial charge in [0, 0.05) is 17.6 Å². The highest BCUT2D eigenvalue weighted by Gasteiger charge is 2.18. The molecule has 0 radical (unpaired) electrons. The first-order valence-electron chi connectivity index (χ1n) is 6.26. The number of halogens is 1. The molecule has 2 amide bonds. The number of nitrogens with zero attached hydrogens (tertiary/aromatic N) is 1. The number of ether oxygens (including phenoxy) is 2. The summed E-state index contributed by atoms with van der Waals surface area (Å²) in [5.74, 6) is 0.673. The molecule has 0 atom stereocenters. The second kappa shape index (κ2) is 6.77. The zero-order chi connectivity index (χ0) is 13.7. The third kappa shape index (κ3) is 3.84. The molecule has 1 aromatic rings. The number of anilines is 1. The molecular weight excluding hydrogens is 312 g/mol. The fourth-order valence-corrected chi connectivity index (χ4v) is 2.20. The number of nitrogens with one attached hydrogen (secondary N) is 1. The second-order valence-electron chi connectivity index (χ2n) is 4.10. The lowest BCUT2D eigenvalue weighted by Gasteiger charge is -2.27. The summed E-state index contributed by atoms with van der Waals surface area (Å²) in [6.07, 6.45) is 0. The number of rotatable bonds is 3. The molecule has 104 valence electrons. The van der Waals surface area contributed by atoms with Gasteiger partial charge in [0.05, 0.1) is 25.5 Å². The lowest BCUT2D eigenvalue weighted by Crippen LogP contribution is -2.43. The first-order valence-corrected chi connectivity index (χ1v) is 7.06. The molecule has 0 unspecified atom stereocenters. The normalized spacial score (nSPS) is 15.2. The molecule has 0 spiro atoms. The molecule has 1 saturated heterocycles. The lowest BCUT2D eigenvalue weighted by atomic mass is 10.3. The molecule has 19 heavy (non-hydrogen) atoms. The average molecular weight is 329 g/mol. The average Bonchev–Trinajstić information content (AvgIpc) is 2.43. The molecule has 0 aliphatic carbocycles. The lowest BCUT2D eigenvalue weighted by molar-refractivity contribution is 0.0564. The summed E-state index contributed by atoms with van der Waals surface area (Å²) in [6, 6.07) is 5.43. The fraction of sp³-hybridized carbons (Fsp3) is 0.462. The molecule has 6 heteroatoms. The van der Waals surface area contributed by atoms with Crippen LogP contribution in [0.3, 0.4) is 0 Å². The van der Waals surface area contributed by atoms with E-state index < -0.39 is 0 Å². The number of urea groups is 1. The Kier molecular flexibility index (Phi) is 5.04. The number of benzene rings is 1. The Bertz CT molecular complexity index is 448. The van der Waals surface area contributed by atoms with Crippen LogP contribution in [0.4, 0.5) is 10.5 Å². The van der Waals surface area contributed by atoms with Gasteiger partial charge in [0.25, 0.3) is 0 Å². The maximum absolute atomic E-state index is 12.1. The van der Waals surface area contributed by atoms with Gasteiger partial charge < -0.3 is 19.7 Å². The summed E-state index contributed by atoms with van der Waals surface area (Å²) in [5.41, 5.74) is 0.674. The number of carbonyl (C=O) groups is 1. The van der Waals surface area contributed by atoms with Crippen LogP contribution in [-0.2, 0) is 4.74 Å². The van der Waals surface area contributed by atoms with Crippen LogP contribution >= 0.6 is 15.9 Å². The summed E-state index contributed by atoms with van der Waals surface area (Å²) < 4.78 is 11.6. The van der Waals surface area contributed by atoms with Gasteiger partial charge in [-0.25, -0.2) is 4.79 Å². The van der Waals surface area contributed by atoms with E-state index in [0.29, 0.717) is 44.3 Å². The van der Waals surface area contributed by atoms with Crippen molar-refractivity contribution in [2.75, 3.05) is 38.2 Å². The van der Waals surface area contributed by atoms with Crippen molar-refractivity contribution in [2.45, 2.75) is 6.92 Å². The van der Waals surface area contributed by atoms with E-state index in [1.165, 1.54) is 0 Å². The predicted octanol–water partition coefficient (Wildman–Crippen LogP) is 2.71. The first-order chi connectivity index (χ1) is 9.20. The topological polar surface area (TPSA) is 50.8 Å². The van der Waals surface area contributed by atoms with Crippen LogP contribution in [-0.4, -0.2) is 43.8 Å². The van der Waals surface area contributed by atoms with Crippen LogP contribution in [0.2, 0.25) is 0 Å². The third-order valence-electron chi connectivity index (χ3n) is 2.78. The summed E-state index contributed by atoms with van der Waals surface area (Å²) in [7, 11) is 0. The van der Waals surface area contributed by atoms with Crippen molar-refractivity contribution in [3.05, 3.63) is 22.7 Å². The van der Waals surface area contributed by atoms with Crippen molar-refractivity contribution >= 4 is 27.6 Å². The van der Waals surface area contributed by atoms with Gasteiger partial charge in [-0.2, -0.15) is 0 Å². The number of morpholine rings is 1. The van der Waals surface area contributed by atoms with Gasteiger partial charge >= 0.3 is 6.03 Å². The van der Waals surface area contributed by atoms with Gasteiger partial charge in [-0.05, 0) is 25.1 Å². The molecule has 2 rings (SSSR count). The largest absolute Gasteiger partial charge is 0.492 e. The van der Waals surface area contributed by atoms with Gasteiger partial charge in [-0.15, -0.1) is 0 Å². The Hall–Kier alpha value is -1.27. The van der Waals surface area contributed by atoms with Crippen molar-refractivity contribution in [2.24, 2.45) is 0 Å². The molecule has 1 fully saturated rings. The molecule has 1 aromatic carbocycles. The van der Waals surface area contributed by atoms with Crippen molar-refractivity contribution in [1.82, 2.24) is 4.90 Å². The number of hydrogen-bond acceptors (Lipinski definition) is 3. The third-order valence-corrected chi connectivity index (χ3v) is 3.27. The SMILES string of the molecule is CCOc1ccc(Br)cc1NC(=O)N1CCOCC1. The Morgan fingerprint density at radius 1 is 1.47 bits per heavy atom. The zero-order valence-corrected chi connectivity index (χ0v) is 12.4. The van der Waals surface area contributed by atoms with Gasteiger partial charge in [-0.3, -0.25) is 0 Å². The maximum atomic E-state index is 12.1. The van der Waals surface area contributed by atoms with E-state index in [4.69, 9.17) is 9.47 Å². The van der Waals surface area contributed by atoms with E-state index in [9.17, 15) is 4.79 Å². The van der Waals surface area contributed by atoms with Gasteiger partial charge in [0.15, 0.2) is 0 Å². The molecular formula is C13H17BrN2O3. The Labute approximate surface area is 121 Å². The maximum Gasteiger partial charge on any atom is 0.322 e. The van der Waals surface area contributed by atoms with Crippen LogP contribution in [0.5, 0.6) is 5.75 Å². The van der Waals surface area contributed by atoms with Gasteiger partial charge in [-0.1, -0.05) is 15.9 Å². The summed E-state index contributed by atoms with van der Waals surface area (Å²) in [5, 5.41) is 2.88. The zero-order valence-electron chi connectivity index (χ0n) is 10.8. The molecule has 0 aromatic heterocycles. The highest BCUT2D eigenvalue weighted by atomic mass is 79.9. The van der Waals surface area contributed by atoms with Crippen molar-refractivity contribution in [3.8, 4) is 5.75 Å². The molecule has 1 N–H and O–H groups in total. The highest BCUT2D eigenvalue weighted by molar-refractivity contribution is 9.10. The van der Waals surface area contributed by atoms with E-state index in [0.717, 1.165) is 4.47 Å². The van der Waals surface area contributed by atoms with Crippen LogP contribution in [0.1, 0.15) is 6.92 Å². The Morgan fingerprint density at radius 3 is 2.89 bits per heavy atom. The van der Waals surface area contributed by atoms with Crippen LogP contribution in [0.15, 0.2) is 22.7 Å².